The van der Waals surface area contributed by atoms with Crippen LogP contribution in [0.1, 0.15) is 18.9 Å². The van der Waals surface area contributed by atoms with Crippen LogP contribution in [0.2, 0.25) is 0 Å². The molecule has 4 atom stereocenters. The Morgan fingerprint density at radius 1 is 1.10 bits per heavy atom. The Morgan fingerprint density at radius 2 is 1.77 bits per heavy atom. The third-order valence-corrected chi connectivity index (χ3v) is 4.51. The quantitative estimate of drug-likeness (QED) is 0.253. The van der Waals surface area contributed by atoms with Gasteiger partial charge in [0.25, 0.3) is 0 Å². The van der Waals surface area contributed by atoms with Crippen LogP contribution in [0.4, 0.5) is 0 Å². The first kappa shape index (κ1) is 22.8. The maximum atomic E-state index is 12.5. The van der Waals surface area contributed by atoms with Gasteiger partial charge in [0.1, 0.15) is 12.1 Å². The molecule has 0 aliphatic heterocycles. The van der Waals surface area contributed by atoms with Gasteiger partial charge in [0.2, 0.25) is 11.8 Å². The second-order valence-corrected chi connectivity index (χ2v) is 6.89. The Balaban J connectivity index is 2.05. The largest absolute Gasteiger partial charge is 0.481 e. The molecule has 0 saturated carbocycles. The van der Waals surface area contributed by atoms with E-state index in [2.05, 4.69) is 10.3 Å². The minimum atomic E-state index is -1.71. The van der Waals surface area contributed by atoms with Gasteiger partial charge in [0, 0.05) is 17.1 Å². The number of rotatable bonds is 10. The normalized spacial score (nSPS) is 15.0. The van der Waals surface area contributed by atoms with Crippen LogP contribution in [-0.2, 0) is 25.6 Å². The third-order valence-electron chi connectivity index (χ3n) is 4.51. The van der Waals surface area contributed by atoms with Crippen LogP contribution in [0.3, 0.4) is 0 Å². The molecule has 30 heavy (non-hydrogen) atoms. The van der Waals surface area contributed by atoms with Crippen LogP contribution in [0, 0.1) is 0 Å². The van der Waals surface area contributed by atoms with E-state index in [0.29, 0.717) is 0 Å². The van der Waals surface area contributed by atoms with Gasteiger partial charge in [-0.05, 0) is 25.0 Å². The number of H-pyrrole nitrogens is 1. The lowest BCUT2D eigenvalue weighted by Gasteiger charge is -2.24. The summed E-state index contributed by atoms with van der Waals surface area (Å²) in [6.07, 6.45) is -0.365. The number of aromatic amines is 1. The van der Waals surface area contributed by atoms with Crippen molar-refractivity contribution in [2.45, 2.75) is 44.0 Å². The maximum Gasteiger partial charge on any atom is 0.326 e. The Labute approximate surface area is 171 Å². The van der Waals surface area contributed by atoms with Gasteiger partial charge >= 0.3 is 11.9 Å². The van der Waals surface area contributed by atoms with Crippen molar-refractivity contribution < 1.29 is 34.5 Å². The molecule has 4 unspecified atom stereocenters. The lowest BCUT2D eigenvalue weighted by atomic mass is 10.0. The topological polar surface area (TPSA) is 195 Å². The van der Waals surface area contributed by atoms with Gasteiger partial charge in [-0.15, -0.1) is 0 Å². The Morgan fingerprint density at radius 3 is 2.37 bits per heavy atom. The molecule has 2 rings (SSSR count). The SMILES string of the molecule is CC(O)C(NC(=O)C(N)Cc1c[nH]c2ccccc12)C(=O)NC(CC(=O)O)C(=O)O. The summed E-state index contributed by atoms with van der Waals surface area (Å²) in [5, 5.41) is 32.9. The molecule has 1 aromatic heterocycles. The van der Waals surface area contributed by atoms with Crippen molar-refractivity contribution in [2.75, 3.05) is 0 Å². The van der Waals surface area contributed by atoms with Gasteiger partial charge in [0.15, 0.2) is 0 Å². The molecule has 11 heteroatoms. The van der Waals surface area contributed by atoms with Crippen LogP contribution in [0.5, 0.6) is 0 Å². The second-order valence-electron chi connectivity index (χ2n) is 6.89. The fraction of sp³-hybridized carbons (Fsp3) is 0.368. The molecule has 1 heterocycles. The van der Waals surface area contributed by atoms with E-state index in [-0.39, 0.29) is 6.42 Å². The Bertz CT molecular complexity index is 940. The summed E-state index contributed by atoms with van der Waals surface area (Å²) >= 11 is 0. The molecule has 0 fully saturated rings. The standard InChI is InChI=1S/C19H24N4O7/c1-9(24)16(18(28)22-14(19(29)30)7-15(25)26)23-17(27)12(20)6-10-8-21-13-5-3-2-4-11(10)13/h2-5,8-9,12,14,16,21,24H,6-7,20H2,1H3,(H,22,28)(H,23,27)(H,25,26)(H,29,30). The number of nitrogens with two attached hydrogens (primary N) is 1. The number of amides is 2. The Kier molecular flexibility index (Phi) is 7.50. The fourth-order valence-corrected chi connectivity index (χ4v) is 2.93. The number of carbonyl (C=O) groups is 4. The molecular weight excluding hydrogens is 396 g/mol. The smallest absolute Gasteiger partial charge is 0.326 e. The highest BCUT2D eigenvalue weighted by atomic mass is 16.4. The average molecular weight is 420 g/mol. The number of carboxylic acid groups (broad SMARTS) is 2. The van der Waals surface area contributed by atoms with Gasteiger partial charge in [-0.2, -0.15) is 0 Å². The molecule has 2 aromatic rings. The summed E-state index contributed by atoms with van der Waals surface area (Å²) in [4.78, 5) is 49.8. The van der Waals surface area contributed by atoms with E-state index >= 15 is 0 Å². The third kappa shape index (κ3) is 5.78. The van der Waals surface area contributed by atoms with Crippen LogP contribution >= 0.6 is 0 Å². The lowest BCUT2D eigenvalue weighted by molar-refractivity contribution is -0.147. The first-order valence-corrected chi connectivity index (χ1v) is 9.14. The first-order valence-electron chi connectivity index (χ1n) is 9.14. The number of aliphatic hydroxyl groups excluding tert-OH is 1. The number of nitrogens with one attached hydrogen (secondary N) is 3. The predicted molar refractivity (Wildman–Crippen MR) is 105 cm³/mol. The number of benzene rings is 1. The number of carbonyl (C=O) groups excluding carboxylic acids is 2. The zero-order valence-electron chi connectivity index (χ0n) is 16.2. The van der Waals surface area contributed by atoms with Gasteiger partial charge < -0.3 is 36.7 Å². The van der Waals surface area contributed by atoms with Gasteiger partial charge in [-0.1, -0.05) is 18.2 Å². The van der Waals surface area contributed by atoms with Crippen molar-refractivity contribution >= 4 is 34.7 Å². The molecule has 0 radical (unpaired) electrons. The monoisotopic (exact) mass is 420 g/mol. The number of hydrogen-bond acceptors (Lipinski definition) is 6. The van der Waals surface area contributed by atoms with Crippen molar-refractivity contribution in [2.24, 2.45) is 5.73 Å². The number of aliphatic hydroxyl groups is 1. The molecule has 0 aliphatic rings. The predicted octanol–water partition coefficient (Wildman–Crippen LogP) is -1.05. The zero-order valence-corrected chi connectivity index (χ0v) is 16.2. The second kappa shape index (κ2) is 9.85. The van der Waals surface area contributed by atoms with E-state index in [1.807, 2.05) is 29.6 Å². The zero-order chi connectivity index (χ0) is 22.4. The van der Waals surface area contributed by atoms with Gasteiger partial charge in [0.05, 0.1) is 18.6 Å². The van der Waals surface area contributed by atoms with E-state index in [0.717, 1.165) is 16.5 Å². The number of fused-ring (bicyclic) bond motifs is 1. The molecule has 2 amide bonds. The summed E-state index contributed by atoms with van der Waals surface area (Å²) in [5.41, 5.74) is 7.62. The van der Waals surface area contributed by atoms with E-state index < -0.39 is 54.4 Å². The molecule has 11 nitrogen and oxygen atoms in total. The molecule has 162 valence electrons. The average Bonchev–Trinajstić information content (AvgIpc) is 3.07. The lowest BCUT2D eigenvalue weighted by Crippen LogP contribution is -2.58. The number of para-hydroxylation sites is 1. The highest BCUT2D eigenvalue weighted by molar-refractivity contribution is 5.93. The fourth-order valence-electron chi connectivity index (χ4n) is 2.93. The first-order chi connectivity index (χ1) is 14.1. The molecule has 8 N–H and O–H groups in total. The van der Waals surface area contributed by atoms with Crippen LogP contribution in [0.15, 0.2) is 30.5 Å². The van der Waals surface area contributed by atoms with Crippen LogP contribution < -0.4 is 16.4 Å². The maximum absolute atomic E-state index is 12.5. The van der Waals surface area contributed by atoms with Crippen LogP contribution in [-0.4, -0.2) is 68.3 Å². The van der Waals surface area contributed by atoms with Crippen molar-refractivity contribution in [3.8, 4) is 0 Å². The number of hydrogen-bond donors (Lipinski definition) is 7. The highest BCUT2D eigenvalue weighted by Gasteiger charge is 2.32. The summed E-state index contributed by atoms with van der Waals surface area (Å²) < 4.78 is 0. The van der Waals surface area contributed by atoms with Gasteiger partial charge in [-0.3, -0.25) is 14.4 Å². The van der Waals surface area contributed by atoms with Gasteiger partial charge in [-0.25, -0.2) is 4.79 Å². The van der Waals surface area contributed by atoms with Crippen molar-refractivity contribution in [3.63, 3.8) is 0 Å². The van der Waals surface area contributed by atoms with E-state index in [9.17, 15) is 24.3 Å². The highest BCUT2D eigenvalue weighted by Crippen LogP contribution is 2.18. The molecule has 0 spiro atoms. The number of aliphatic carboxylic acids is 2. The van der Waals surface area contributed by atoms with E-state index in [1.165, 1.54) is 6.92 Å². The molecule has 0 bridgehead atoms. The summed E-state index contributed by atoms with van der Waals surface area (Å²) in [6, 6.07) is 3.16. The molecule has 0 saturated heterocycles. The van der Waals surface area contributed by atoms with Crippen molar-refractivity contribution in [1.29, 1.82) is 0 Å². The number of carboxylic acids is 2. The summed E-state index contributed by atoms with van der Waals surface area (Å²) in [5.74, 6) is -4.75. The number of aromatic nitrogens is 1. The summed E-state index contributed by atoms with van der Waals surface area (Å²) in [7, 11) is 0. The molecule has 1 aromatic carbocycles. The van der Waals surface area contributed by atoms with E-state index in [4.69, 9.17) is 15.9 Å². The minimum absolute atomic E-state index is 0.154. The van der Waals surface area contributed by atoms with Crippen molar-refractivity contribution in [1.82, 2.24) is 15.6 Å². The van der Waals surface area contributed by atoms with Crippen molar-refractivity contribution in [3.05, 3.63) is 36.0 Å². The summed E-state index contributed by atoms with van der Waals surface area (Å²) in [6.45, 7) is 1.22. The Hall–Kier alpha value is -3.44. The molecule has 0 aliphatic carbocycles. The van der Waals surface area contributed by atoms with E-state index in [1.54, 1.807) is 6.20 Å². The molecular formula is C19H24N4O7. The van der Waals surface area contributed by atoms with Crippen LogP contribution in [0.25, 0.3) is 10.9 Å². The minimum Gasteiger partial charge on any atom is -0.481 e.